The summed E-state index contributed by atoms with van der Waals surface area (Å²) in [4.78, 5) is 21.3. The lowest BCUT2D eigenvalue weighted by Crippen LogP contribution is -2.13. The fraction of sp³-hybridized carbons (Fsp3) is 0.263. The van der Waals surface area contributed by atoms with Crippen molar-refractivity contribution in [3.05, 3.63) is 48.5 Å². The van der Waals surface area contributed by atoms with Crippen molar-refractivity contribution in [1.29, 1.82) is 0 Å². The third-order valence-corrected chi connectivity index (χ3v) is 3.09. The van der Waals surface area contributed by atoms with Crippen molar-refractivity contribution >= 4 is 12.1 Å². The summed E-state index contributed by atoms with van der Waals surface area (Å²) in [5.41, 5.74) is 0. The van der Waals surface area contributed by atoms with E-state index in [9.17, 15) is 19.8 Å². The Hall–Kier alpha value is -3.26. The number of carbonyl (C=O) groups is 2. The summed E-state index contributed by atoms with van der Waals surface area (Å²) < 4.78 is 9.67. The Morgan fingerprint density at radius 2 is 1.33 bits per heavy atom. The molecular formula is C19H22O8. The molecular weight excluding hydrogens is 356 g/mol. The molecule has 0 aliphatic rings. The second-order valence-corrected chi connectivity index (χ2v) is 5.38. The Morgan fingerprint density at radius 3 is 1.74 bits per heavy atom. The van der Waals surface area contributed by atoms with Gasteiger partial charge in [0.25, 0.3) is 0 Å². The number of carboxylic acid groups (broad SMARTS) is 1. The molecule has 4 N–H and O–H groups in total. The van der Waals surface area contributed by atoms with Gasteiger partial charge in [-0.15, -0.1) is 0 Å². The third-order valence-electron chi connectivity index (χ3n) is 3.09. The maximum absolute atomic E-state index is 11.4. The fourth-order valence-corrected chi connectivity index (χ4v) is 1.87. The van der Waals surface area contributed by atoms with Gasteiger partial charge < -0.3 is 29.9 Å². The van der Waals surface area contributed by atoms with Gasteiger partial charge in [-0.25, -0.2) is 4.79 Å². The minimum Gasteiger partial charge on any atom is -0.508 e. The number of benzene rings is 2. The standard InChI is InChI=1S/C13H10O5.C6H12O3/c14-9-3-1-5-11(7-9)17-13(16)18-12-6-2-4-10(15)8-12;7-5-3-1-2-4-6(8)9/h1-8,14-15H;7H,1-5H2,(H,8,9). The van der Waals surface area contributed by atoms with E-state index in [4.69, 9.17) is 19.7 Å². The molecule has 8 nitrogen and oxygen atoms in total. The van der Waals surface area contributed by atoms with E-state index in [0.29, 0.717) is 12.8 Å². The number of ether oxygens (including phenoxy) is 2. The zero-order valence-electron chi connectivity index (χ0n) is 14.6. The van der Waals surface area contributed by atoms with E-state index in [0.717, 1.165) is 6.42 Å². The van der Waals surface area contributed by atoms with Crippen LogP contribution in [0.25, 0.3) is 0 Å². The molecule has 0 heterocycles. The highest BCUT2D eigenvalue weighted by Crippen LogP contribution is 2.20. The minimum absolute atomic E-state index is 0.0161. The van der Waals surface area contributed by atoms with Gasteiger partial charge in [0.1, 0.15) is 23.0 Å². The third kappa shape index (κ3) is 10.4. The largest absolute Gasteiger partial charge is 0.519 e. The van der Waals surface area contributed by atoms with Crippen LogP contribution in [0.4, 0.5) is 4.79 Å². The number of aliphatic hydroxyl groups excluding tert-OH is 1. The van der Waals surface area contributed by atoms with Crippen LogP contribution < -0.4 is 9.47 Å². The second kappa shape index (κ2) is 12.2. The predicted molar refractivity (Wildman–Crippen MR) is 96.1 cm³/mol. The van der Waals surface area contributed by atoms with E-state index in [2.05, 4.69) is 0 Å². The van der Waals surface area contributed by atoms with Crippen LogP contribution >= 0.6 is 0 Å². The maximum Gasteiger partial charge on any atom is 0.519 e. The molecule has 2 aromatic rings. The molecule has 146 valence electrons. The first kappa shape index (κ1) is 21.8. The first-order chi connectivity index (χ1) is 12.9. The van der Waals surface area contributed by atoms with Crippen LogP contribution in [0.15, 0.2) is 48.5 Å². The lowest BCUT2D eigenvalue weighted by atomic mass is 10.2. The Balaban J connectivity index is 0.000000345. The van der Waals surface area contributed by atoms with Gasteiger partial charge in [0.15, 0.2) is 0 Å². The van der Waals surface area contributed by atoms with E-state index < -0.39 is 12.1 Å². The molecule has 0 radical (unpaired) electrons. The summed E-state index contributed by atoms with van der Waals surface area (Å²) >= 11 is 0. The van der Waals surface area contributed by atoms with Crippen molar-refractivity contribution in [3.8, 4) is 23.0 Å². The zero-order chi connectivity index (χ0) is 20.1. The number of carboxylic acids is 1. The van der Waals surface area contributed by atoms with Gasteiger partial charge >= 0.3 is 12.1 Å². The number of phenols is 2. The highest BCUT2D eigenvalue weighted by atomic mass is 16.7. The summed E-state index contributed by atoms with van der Waals surface area (Å²) in [7, 11) is 0. The van der Waals surface area contributed by atoms with Crippen LogP contribution in [0.5, 0.6) is 23.0 Å². The summed E-state index contributed by atoms with van der Waals surface area (Å²) in [6.07, 6.45) is 1.47. The van der Waals surface area contributed by atoms with E-state index in [1.807, 2.05) is 0 Å². The molecule has 0 unspecified atom stereocenters. The molecule has 0 saturated heterocycles. The Kier molecular flexibility index (Phi) is 9.80. The minimum atomic E-state index is -0.953. The summed E-state index contributed by atoms with van der Waals surface area (Å²) in [6, 6.07) is 11.5. The highest BCUT2D eigenvalue weighted by Gasteiger charge is 2.08. The Labute approximate surface area is 156 Å². The van der Waals surface area contributed by atoms with Crippen molar-refractivity contribution < 1.29 is 39.5 Å². The summed E-state index contributed by atoms with van der Waals surface area (Å²) in [6.45, 7) is 0.166. The second-order valence-electron chi connectivity index (χ2n) is 5.38. The van der Waals surface area contributed by atoms with Crippen LogP contribution in [0, 0.1) is 0 Å². The lowest BCUT2D eigenvalue weighted by Gasteiger charge is -2.05. The number of hydrogen-bond donors (Lipinski definition) is 4. The zero-order valence-corrected chi connectivity index (χ0v) is 14.6. The smallest absolute Gasteiger partial charge is 0.508 e. The van der Waals surface area contributed by atoms with Gasteiger partial charge in [0.05, 0.1) is 0 Å². The number of rotatable bonds is 7. The van der Waals surface area contributed by atoms with Crippen LogP contribution in [-0.4, -0.2) is 39.2 Å². The average Bonchev–Trinajstić information content (AvgIpc) is 2.59. The topological polar surface area (TPSA) is 134 Å². The number of hydrogen-bond acceptors (Lipinski definition) is 7. The van der Waals surface area contributed by atoms with Crippen LogP contribution in [0.3, 0.4) is 0 Å². The monoisotopic (exact) mass is 378 g/mol. The highest BCUT2D eigenvalue weighted by molar-refractivity contribution is 5.67. The molecule has 0 aliphatic carbocycles. The molecule has 2 rings (SSSR count). The van der Waals surface area contributed by atoms with Gasteiger partial charge in [-0.3, -0.25) is 4.79 Å². The maximum atomic E-state index is 11.4. The molecule has 0 spiro atoms. The summed E-state index contributed by atoms with van der Waals surface area (Å²) in [5, 5.41) is 34.8. The number of aromatic hydroxyl groups is 2. The quantitative estimate of drug-likeness (QED) is 0.328. The number of aliphatic carboxylic acids is 1. The molecule has 8 heteroatoms. The molecule has 0 amide bonds. The molecule has 0 fully saturated rings. The normalized spacial score (nSPS) is 9.67. The molecule has 27 heavy (non-hydrogen) atoms. The van der Waals surface area contributed by atoms with Crippen molar-refractivity contribution in [2.45, 2.75) is 25.7 Å². The van der Waals surface area contributed by atoms with Crippen molar-refractivity contribution in [1.82, 2.24) is 0 Å². The van der Waals surface area contributed by atoms with Gasteiger partial charge in [-0.1, -0.05) is 18.6 Å². The van der Waals surface area contributed by atoms with Gasteiger partial charge in [0.2, 0.25) is 0 Å². The molecule has 0 aromatic heterocycles. The Bertz CT molecular complexity index is 680. The van der Waals surface area contributed by atoms with Crippen molar-refractivity contribution in [2.24, 2.45) is 0 Å². The van der Waals surface area contributed by atoms with Gasteiger partial charge in [-0.05, 0) is 37.1 Å². The molecule has 0 atom stereocenters. The molecule has 0 saturated carbocycles. The van der Waals surface area contributed by atoms with Crippen LogP contribution in [0.2, 0.25) is 0 Å². The molecule has 0 bridgehead atoms. The van der Waals surface area contributed by atoms with Gasteiger partial charge in [-0.2, -0.15) is 0 Å². The predicted octanol–water partition coefficient (Wildman–Crippen LogP) is 3.30. The lowest BCUT2D eigenvalue weighted by molar-refractivity contribution is -0.137. The fourth-order valence-electron chi connectivity index (χ4n) is 1.87. The van der Waals surface area contributed by atoms with E-state index in [-0.39, 0.29) is 36.0 Å². The van der Waals surface area contributed by atoms with Crippen molar-refractivity contribution in [2.75, 3.05) is 6.61 Å². The van der Waals surface area contributed by atoms with E-state index >= 15 is 0 Å². The number of carbonyl (C=O) groups excluding carboxylic acids is 1. The van der Waals surface area contributed by atoms with E-state index in [1.54, 1.807) is 0 Å². The first-order valence-corrected chi connectivity index (χ1v) is 8.21. The number of aliphatic hydroxyl groups is 1. The Morgan fingerprint density at radius 1 is 0.815 bits per heavy atom. The van der Waals surface area contributed by atoms with Crippen LogP contribution in [0.1, 0.15) is 25.7 Å². The van der Waals surface area contributed by atoms with Crippen molar-refractivity contribution in [3.63, 3.8) is 0 Å². The average molecular weight is 378 g/mol. The summed E-state index contributed by atoms with van der Waals surface area (Å²) in [5.74, 6) is -0.455. The molecule has 2 aromatic carbocycles. The van der Waals surface area contributed by atoms with E-state index in [1.165, 1.54) is 48.5 Å². The van der Waals surface area contributed by atoms with Crippen LogP contribution in [-0.2, 0) is 4.79 Å². The molecule has 0 aliphatic heterocycles. The SMILES string of the molecule is O=C(O)CCCCCO.O=C(Oc1cccc(O)c1)Oc1cccc(O)c1. The number of unbranched alkanes of at least 4 members (excludes halogenated alkanes) is 2. The van der Waals surface area contributed by atoms with Gasteiger partial charge in [0, 0.05) is 25.2 Å². The first-order valence-electron chi connectivity index (χ1n) is 8.21. The number of phenolic OH excluding ortho intramolecular Hbond substituents is 2.